The highest BCUT2D eigenvalue weighted by molar-refractivity contribution is 5.38. The van der Waals surface area contributed by atoms with Gasteiger partial charge < -0.3 is 0 Å². The van der Waals surface area contributed by atoms with Gasteiger partial charge in [0.05, 0.1) is 0 Å². The summed E-state index contributed by atoms with van der Waals surface area (Å²) in [5.41, 5.74) is 1.24. The van der Waals surface area contributed by atoms with Gasteiger partial charge in [0.15, 0.2) is 0 Å². The maximum absolute atomic E-state index is 12.1. The molecule has 0 bridgehead atoms. The topological polar surface area (TPSA) is 22.0 Å². The van der Waals surface area contributed by atoms with Crippen molar-refractivity contribution in [1.29, 1.82) is 0 Å². The Morgan fingerprint density at radius 3 is 2.89 bits per heavy atom. The fourth-order valence-electron chi connectivity index (χ4n) is 1.80. The third-order valence-corrected chi connectivity index (χ3v) is 2.87. The average molecular weight is 246 g/mol. The van der Waals surface area contributed by atoms with Crippen molar-refractivity contribution in [1.82, 2.24) is 4.57 Å². The van der Waals surface area contributed by atoms with E-state index in [0.717, 1.165) is 5.56 Å². The van der Waals surface area contributed by atoms with Crippen LogP contribution in [-0.2, 0) is 6.37 Å². The number of nitrogens with zero attached hydrogens (tertiary/aromatic N) is 1. The first kappa shape index (κ1) is 7.57. The van der Waals surface area contributed by atoms with Gasteiger partial charge in [0, 0.05) is 24.8 Å². The minimum atomic E-state index is -2.81. The Balaban J connectivity index is 2.59. The van der Waals surface area contributed by atoms with Crippen LogP contribution < -0.4 is 5.56 Å². The van der Waals surface area contributed by atoms with Crippen LogP contribution in [0.1, 0.15) is 44.6 Å². The van der Waals surface area contributed by atoms with Crippen molar-refractivity contribution in [3.63, 3.8) is 0 Å². The third kappa shape index (κ3) is 2.53. The number of rotatable bonds is 3. The van der Waals surface area contributed by atoms with Crippen molar-refractivity contribution in [2.45, 2.75) is 33.0 Å². The van der Waals surface area contributed by atoms with Crippen LogP contribution in [0.4, 0.5) is 0 Å². The monoisotopic (exact) mass is 246 g/mol. The molecule has 0 amide bonds. The summed E-state index contributed by atoms with van der Waals surface area (Å²) in [5, 5.41) is 0. The zero-order valence-electron chi connectivity index (χ0n) is 15.5. The van der Waals surface area contributed by atoms with Crippen molar-refractivity contribution in [2.75, 3.05) is 0 Å². The minimum Gasteiger partial charge on any atom is -0.284 e. The third-order valence-electron chi connectivity index (χ3n) is 2.87. The van der Waals surface area contributed by atoms with E-state index < -0.39 is 13.2 Å². The molecule has 18 heavy (non-hydrogen) atoms. The summed E-state index contributed by atoms with van der Waals surface area (Å²) in [7, 11) is 0. The van der Waals surface area contributed by atoms with E-state index in [1.165, 1.54) is 22.9 Å². The first-order valence-electron chi connectivity index (χ1n) is 8.37. The van der Waals surface area contributed by atoms with Crippen LogP contribution in [-0.4, -0.2) is 4.57 Å². The minimum absolute atomic E-state index is 0.0490. The van der Waals surface area contributed by atoms with Crippen LogP contribution in [0, 0.1) is 0 Å². The highest BCUT2D eigenvalue weighted by atomic mass is 16.1. The first-order chi connectivity index (χ1) is 10.5. The molecule has 2 aromatic rings. The van der Waals surface area contributed by atoms with Crippen LogP contribution in [0.5, 0.6) is 0 Å². The average Bonchev–Trinajstić information content (AvgIpc) is 2.46. The summed E-state index contributed by atoms with van der Waals surface area (Å²) in [6, 6.07) is 9.79. The second kappa shape index (κ2) is 5.21. The number of aromatic nitrogens is 1. The van der Waals surface area contributed by atoms with Gasteiger partial charge in [0.2, 0.25) is 0 Å². The maximum atomic E-state index is 12.1. The number of pyridine rings is 1. The zero-order valence-corrected chi connectivity index (χ0v) is 10.5. The lowest BCUT2D eigenvalue weighted by atomic mass is 10.0. The predicted molar refractivity (Wildman–Crippen MR) is 75.5 cm³/mol. The molecule has 0 atom stereocenters. The SMILES string of the molecule is [2H]C([2H])([2H])C([2H])([2H])c1ccc(=O)n(-c2cccc(C(C)C)c2)c1. The molecule has 2 heteroatoms. The molecule has 0 N–H and O–H groups in total. The second-order valence-electron chi connectivity index (χ2n) is 4.50. The van der Waals surface area contributed by atoms with Crippen LogP contribution in [0.25, 0.3) is 5.69 Å². The molecule has 0 radical (unpaired) electrons. The quantitative estimate of drug-likeness (QED) is 0.812. The Morgan fingerprint density at radius 2 is 2.17 bits per heavy atom. The molecule has 1 aromatic carbocycles. The van der Waals surface area contributed by atoms with Crippen LogP contribution in [0.3, 0.4) is 0 Å². The first-order valence-corrected chi connectivity index (χ1v) is 5.87. The lowest BCUT2D eigenvalue weighted by molar-refractivity contribution is 0.859. The van der Waals surface area contributed by atoms with Gasteiger partial charge in [-0.15, -0.1) is 0 Å². The summed E-state index contributed by atoms with van der Waals surface area (Å²) >= 11 is 0. The fraction of sp³-hybridized carbons (Fsp3) is 0.312. The van der Waals surface area contributed by atoms with Crippen molar-refractivity contribution in [3.8, 4) is 5.69 Å². The Kier molecular flexibility index (Phi) is 2.19. The summed E-state index contributed by atoms with van der Waals surface area (Å²) < 4.78 is 39.1. The Bertz CT molecular complexity index is 762. The van der Waals surface area contributed by atoms with E-state index in [4.69, 9.17) is 6.85 Å². The second-order valence-corrected chi connectivity index (χ2v) is 4.50. The lowest BCUT2D eigenvalue weighted by Gasteiger charge is -2.11. The zero-order chi connectivity index (χ0) is 17.4. The van der Waals surface area contributed by atoms with Crippen LogP contribution in [0.15, 0.2) is 47.4 Å². The van der Waals surface area contributed by atoms with Crippen LogP contribution >= 0.6 is 0 Å². The summed E-state index contributed by atoms with van der Waals surface area (Å²) in [6.07, 6.45) is -1.26. The molecule has 0 spiro atoms. The molecule has 0 unspecified atom stereocenters. The van der Waals surface area contributed by atoms with E-state index in [9.17, 15) is 4.79 Å². The van der Waals surface area contributed by atoms with Crippen LogP contribution in [0.2, 0.25) is 0 Å². The van der Waals surface area contributed by atoms with E-state index in [1.54, 1.807) is 6.07 Å². The Morgan fingerprint density at radius 1 is 1.33 bits per heavy atom. The molecule has 0 aliphatic heterocycles. The van der Waals surface area contributed by atoms with Crippen molar-refractivity contribution >= 4 is 0 Å². The Labute approximate surface area is 115 Å². The van der Waals surface area contributed by atoms with Crippen molar-refractivity contribution in [3.05, 3.63) is 64.1 Å². The van der Waals surface area contributed by atoms with E-state index >= 15 is 0 Å². The van der Waals surface area contributed by atoms with E-state index in [-0.39, 0.29) is 17.0 Å². The molecule has 0 saturated carbocycles. The van der Waals surface area contributed by atoms with Crippen molar-refractivity contribution in [2.24, 2.45) is 0 Å². The van der Waals surface area contributed by atoms with Gasteiger partial charge in [0.1, 0.15) is 0 Å². The predicted octanol–water partition coefficient (Wildman–Crippen LogP) is 3.52. The number of hydrogen-bond acceptors (Lipinski definition) is 1. The summed E-state index contributed by atoms with van der Waals surface area (Å²) in [5.74, 6) is 0.280. The van der Waals surface area contributed by atoms with Gasteiger partial charge in [-0.25, -0.2) is 0 Å². The van der Waals surface area contributed by atoms with E-state index in [1.807, 2.05) is 32.0 Å². The maximum Gasteiger partial charge on any atom is 0.255 e. The molecule has 94 valence electrons. The Hall–Kier alpha value is -1.83. The van der Waals surface area contributed by atoms with E-state index in [2.05, 4.69) is 0 Å². The number of benzene rings is 1. The molecule has 1 heterocycles. The molecular weight excluding hydrogens is 222 g/mol. The smallest absolute Gasteiger partial charge is 0.255 e. The number of aryl methyl sites for hydroxylation is 1. The normalized spacial score (nSPS) is 16.5. The molecular formula is C16H19NO. The molecule has 0 aliphatic rings. The highest BCUT2D eigenvalue weighted by Gasteiger charge is 2.04. The van der Waals surface area contributed by atoms with E-state index in [0.29, 0.717) is 5.69 Å². The summed E-state index contributed by atoms with van der Waals surface area (Å²) in [4.78, 5) is 12.1. The van der Waals surface area contributed by atoms with Crippen molar-refractivity contribution < 1.29 is 6.85 Å². The van der Waals surface area contributed by atoms with Gasteiger partial charge in [-0.3, -0.25) is 9.36 Å². The lowest BCUT2D eigenvalue weighted by Crippen LogP contribution is -2.17. The van der Waals surface area contributed by atoms with Gasteiger partial charge in [-0.2, -0.15) is 0 Å². The molecule has 0 saturated heterocycles. The van der Waals surface area contributed by atoms with Gasteiger partial charge in [0.25, 0.3) is 5.56 Å². The van der Waals surface area contributed by atoms with Gasteiger partial charge >= 0.3 is 0 Å². The van der Waals surface area contributed by atoms with Gasteiger partial charge in [-0.05, 0) is 35.6 Å². The molecule has 1 aromatic heterocycles. The van der Waals surface area contributed by atoms with Gasteiger partial charge in [-0.1, -0.05) is 38.9 Å². The standard InChI is InChI=1S/C16H19NO/c1-4-13-8-9-16(18)17(11-13)15-7-5-6-14(10-15)12(2)3/h5-12H,4H2,1-3H3/i1D3,4D2. The molecule has 0 aliphatic carbocycles. The fourth-order valence-corrected chi connectivity index (χ4v) is 1.80. The molecule has 2 rings (SSSR count). The highest BCUT2D eigenvalue weighted by Crippen LogP contribution is 2.17. The summed E-state index contributed by atoms with van der Waals surface area (Å²) in [6.45, 7) is 1.26. The molecule has 2 nitrogen and oxygen atoms in total. The molecule has 0 fully saturated rings. The largest absolute Gasteiger partial charge is 0.284 e. The number of hydrogen-bond donors (Lipinski definition) is 0.